The summed E-state index contributed by atoms with van der Waals surface area (Å²) in [5.74, 6) is -0.330. The van der Waals surface area contributed by atoms with Gasteiger partial charge in [-0.2, -0.15) is 0 Å². The molecule has 0 saturated carbocycles. The molecule has 0 radical (unpaired) electrons. The van der Waals surface area contributed by atoms with Gasteiger partial charge in [-0.3, -0.25) is 0 Å². The smallest absolute Gasteiger partial charge is 0.212 e. The molecule has 1 atom stereocenters. The largest absolute Gasteiger partial charge is 0.218 e. The van der Waals surface area contributed by atoms with Crippen molar-refractivity contribution in [2.75, 3.05) is 13.1 Å². The highest BCUT2D eigenvalue weighted by Gasteiger charge is 2.28. The lowest BCUT2D eigenvalue weighted by atomic mass is 9.95. The predicted octanol–water partition coefficient (Wildman–Crippen LogP) is 3.93. The maximum Gasteiger partial charge on any atom is 0.218 e. The molecule has 2 aromatic rings. The molecule has 128 valence electrons. The van der Waals surface area contributed by atoms with Crippen molar-refractivity contribution in [3.63, 3.8) is 0 Å². The highest BCUT2D eigenvalue weighted by atomic mass is 32.2. The van der Waals surface area contributed by atoms with Gasteiger partial charge in [-0.05, 0) is 42.0 Å². The normalized spacial score (nSPS) is 19.8. The van der Waals surface area contributed by atoms with E-state index in [2.05, 4.69) is 12.1 Å². The van der Waals surface area contributed by atoms with Crippen LogP contribution in [-0.2, 0) is 15.8 Å². The SMILES string of the molecule is O=S(=O)(Cc1cccc(F)c1)N1CCCCC(c2ccccc2)C1. The monoisotopic (exact) mass is 347 g/mol. The Bertz CT molecular complexity index is 777. The van der Waals surface area contributed by atoms with Gasteiger partial charge in [0.25, 0.3) is 0 Å². The van der Waals surface area contributed by atoms with Gasteiger partial charge in [0.05, 0.1) is 5.75 Å². The Labute approximate surface area is 143 Å². The third kappa shape index (κ3) is 4.22. The van der Waals surface area contributed by atoms with Crippen LogP contribution < -0.4 is 0 Å². The van der Waals surface area contributed by atoms with Crippen molar-refractivity contribution >= 4 is 10.0 Å². The molecule has 1 saturated heterocycles. The maximum atomic E-state index is 13.3. The average Bonchev–Trinajstić information content (AvgIpc) is 2.82. The number of hydrogen-bond acceptors (Lipinski definition) is 2. The molecule has 0 amide bonds. The Balaban J connectivity index is 1.78. The maximum absolute atomic E-state index is 13.3. The van der Waals surface area contributed by atoms with Crippen LogP contribution in [0.15, 0.2) is 54.6 Å². The van der Waals surface area contributed by atoms with Gasteiger partial charge >= 0.3 is 0 Å². The Morgan fingerprint density at radius 3 is 2.58 bits per heavy atom. The zero-order chi connectivity index (χ0) is 17.0. The first-order valence-corrected chi connectivity index (χ1v) is 9.93. The van der Waals surface area contributed by atoms with Gasteiger partial charge in [-0.1, -0.05) is 48.9 Å². The molecule has 24 heavy (non-hydrogen) atoms. The standard InChI is InChI=1S/C19H22FNO2S/c20-19-11-6-7-16(13-19)15-24(22,23)21-12-5-4-10-18(14-21)17-8-2-1-3-9-17/h1-3,6-9,11,13,18H,4-5,10,12,14-15H2. The third-order valence-electron chi connectivity index (χ3n) is 4.54. The molecule has 3 rings (SSSR count). The lowest BCUT2D eigenvalue weighted by molar-refractivity contribution is 0.405. The van der Waals surface area contributed by atoms with E-state index in [0.717, 1.165) is 19.3 Å². The molecule has 1 aliphatic rings. The van der Waals surface area contributed by atoms with Crippen LogP contribution in [-0.4, -0.2) is 25.8 Å². The minimum atomic E-state index is -3.45. The minimum absolute atomic E-state index is 0.147. The van der Waals surface area contributed by atoms with E-state index < -0.39 is 15.8 Å². The molecule has 3 nitrogen and oxygen atoms in total. The summed E-state index contributed by atoms with van der Waals surface area (Å²) in [5, 5.41) is 0. The van der Waals surface area contributed by atoms with Gasteiger partial charge in [0.1, 0.15) is 5.82 Å². The van der Waals surface area contributed by atoms with Gasteiger partial charge in [0.2, 0.25) is 10.0 Å². The van der Waals surface area contributed by atoms with Gasteiger partial charge in [-0.15, -0.1) is 0 Å². The molecule has 5 heteroatoms. The molecule has 1 unspecified atom stereocenters. The van der Waals surface area contributed by atoms with Crippen molar-refractivity contribution < 1.29 is 12.8 Å². The van der Waals surface area contributed by atoms with Crippen LogP contribution in [0.25, 0.3) is 0 Å². The molecule has 0 aliphatic carbocycles. The Morgan fingerprint density at radius 1 is 1.04 bits per heavy atom. The van der Waals surface area contributed by atoms with E-state index in [-0.39, 0.29) is 11.7 Å². The summed E-state index contributed by atoms with van der Waals surface area (Å²) >= 11 is 0. The first-order chi connectivity index (χ1) is 11.5. The fraction of sp³-hybridized carbons (Fsp3) is 0.368. The summed E-state index contributed by atoms with van der Waals surface area (Å²) in [7, 11) is -3.45. The fourth-order valence-corrected chi connectivity index (χ4v) is 4.88. The Kier molecular flexibility index (Phi) is 5.31. The number of nitrogens with zero attached hydrogens (tertiary/aromatic N) is 1. The Hall–Kier alpha value is -1.72. The van der Waals surface area contributed by atoms with Crippen molar-refractivity contribution in [2.45, 2.75) is 30.9 Å². The van der Waals surface area contributed by atoms with Crippen molar-refractivity contribution in [1.82, 2.24) is 4.31 Å². The quantitative estimate of drug-likeness (QED) is 0.840. The van der Waals surface area contributed by atoms with Crippen LogP contribution in [0.5, 0.6) is 0 Å². The molecular weight excluding hydrogens is 325 g/mol. The van der Waals surface area contributed by atoms with Crippen molar-refractivity contribution in [2.24, 2.45) is 0 Å². The summed E-state index contributed by atoms with van der Waals surface area (Å²) in [6.45, 7) is 1.04. The first kappa shape index (κ1) is 17.1. The number of hydrogen-bond donors (Lipinski definition) is 0. The van der Waals surface area contributed by atoms with Gasteiger partial charge in [-0.25, -0.2) is 17.1 Å². The summed E-state index contributed by atoms with van der Waals surface area (Å²) in [5.41, 5.74) is 1.68. The van der Waals surface area contributed by atoms with Crippen LogP contribution in [0.1, 0.15) is 36.3 Å². The van der Waals surface area contributed by atoms with Crippen molar-refractivity contribution in [3.05, 3.63) is 71.5 Å². The molecule has 0 aromatic heterocycles. The molecule has 1 fully saturated rings. The molecular formula is C19H22FNO2S. The molecule has 0 bridgehead atoms. The topological polar surface area (TPSA) is 37.4 Å². The van der Waals surface area contributed by atoms with Crippen molar-refractivity contribution in [1.29, 1.82) is 0 Å². The predicted molar refractivity (Wildman–Crippen MR) is 93.6 cm³/mol. The second kappa shape index (κ2) is 7.45. The summed E-state index contributed by atoms with van der Waals surface area (Å²) < 4.78 is 40.5. The van der Waals surface area contributed by atoms with Gasteiger partial charge in [0.15, 0.2) is 0 Å². The average molecular weight is 347 g/mol. The lowest BCUT2D eigenvalue weighted by Gasteiger charge is -2.24. The fourth-order valence-electron chi connectivity index (χ4n) is 3.29. The summed E-state index contributed by atoms with van der Waals surface area (Å²) in [4.78, 5) is 0. The molecule has 0 spiro atoms. The second-order valence-corrected chi connectivity index (χ2v) is 8.32. The van der Waals surface area contributed by atoms with Crippen LogP contribution in [0.3, 0.4) is 0 Å². The zero-order valence-electron chi connectivity index (χ0n) is 13.6. The van der Waals surface area contributed by atoms with Crippen LogP contribution in [0.2, 0.25) is 0 Å². The molecule has 1 aliphatic heterocycles. The Morgan fingerprint density at radius 2 is 1.83 bits per heavy atom. The third-order valence-corrected chi connectivity index (χ3v) is 6.35. The van der Waals surface area contributed by atoms with Gasteiger partial charge in [0, 0.05) is 13.1 Å². The minimum Gasteiger partial charge on any atom is -0.212 e. The second-order valence-electron chi connectivity index (χ2n) is 6.35. The molecule has 0 N–H and O–H groups in total. The summed E-state index contributed by atoms with van der Waals surface area (Å²) in [6, 6.07) is 15.9. The van der Waals surface area contributed by atoms with E-state index >= 15 is 0 Å². The van der Waals surface area contributed by atoms with E-state index in [1.54, 1.807) is 16.4 Å². The lowest BCUT2D eigenvalue weighted by Crippen LogP contribution is -2.35. The molecule has 1 heterocycles. The number of halogens is 1. The number of rotatable bonds is 4. The summed E-state index contributed by atoms with van der Waals surface area (Å²) in [6.07, 6.45) is 2.88. The zero-order valence-corrected chi connectivity index (χ0v) is 14.4. The van der Waals surface area contributed by atoms with Crippen LogP contribution in [0.4, 0.5) is 4.39 Å². The number of sulfonamides is 1. The highest BCUT2D eigenvalue weighted by molar-refractivity contribution is 7.88. The number of benzene rings is 2. The van der Waals surface area contributed by atoms with Gasteiger partial charge < -0.3 is 0 Å². The molecule has 2 aromatic carbocycles. The van der Waals surface area contributed by atoms with Crippen LogP contribution >= 0.6 is 0 Å². The van der Waals surface area contributed by atoms with Crippen molar-refractivity contribution in [3.8, 4) is 0 Å². The van der Waals surface area contributed by atoms with E-state index in [1.807, 2.05) is 18.2 Å². The highest BCUT2D eigenvalue weighted by Crippen LogP contribution is 2.28. The van der Waals surface area contributed by atoms with E-state index in [1.165, 1.54) is 17.7 Å². The van der Waals surface area contributed by atoms with E-state index in [0.29, 0.717) is 18.7 Å². The van der Waals surface area contributed by atoms with Crippen LogP contribution in [0, 0.1) is 5.82 Å². The first-order valence-electron chi connectivity index (χ1n) is 8.32. The van der Waals surface area contributed by atoms with E-state index in [9.17, 15) is 12.8 Å². The van der Waals surface area contributed by atoms with E-state index in [4.69, 9.17) is 0 Å².